The SMILES string of the molecule is CC(=O)CN1CCC(N(C)CCC(C)C)CC1. The van der Waals surface area contributed by atoms with Gasteiger partial charge in [0.15, 0.2) is 0 Å². The van der Waals surface area contributed by atoms with Crippen molar-refractivity contribution in [1.82, 2.24) is 9.80 Å². The Labute approximate surface area is 106 Å². The van der Waals surface area contributed by atoms with Crippen molar-refractivity contribution in [2.45, 2.75) is 46.1 Å². The van der Waals surface area contributed by atoms with Crippen molar-refractivity contribution >= 4 is 5.78 Å². The third-order valence-electron chi connectivity index (χ3n) is 3.69. The van der Waals surface area contributed by atoms with Crippen molar-refractivity contribution in [1.29, 1.82) is 0 Å². The van der Waals surface area contributed by atoms with Gasteiger partial charge in [-0.1, -0.05) is 13.8 Å². The summed E-state index contributed by atoms with van der Waals surface area (Å²) >= 11 is 0. The zero-order valence-electron chi connectivity index (χ0n) is 11.9. The Morgan fingerprint density at radius 2 is 1.94 bits per heavy atom. The molecule has 0 spiro atoms. The van der Waals surface area contributed by atoms with Crippen molar-refractivity contribution in [3.63, 3.8) is 0 Å². The summed E-state index contributed by atoms with van der Waals surface area (Å²) in [7, 11) is 2.24. The van der Waals surface area contributed by atoms with Gasteiger partial charge in [-0.3, -0.25) is 9.69 Å². The second kappa shape index (κ2) is 7.12. The van der Waals surface area contributed by atoms with E-state index in [-0.39, 0.29) is 5.78 Å². The summed E-state index contributed by atoms with van der Waals surface area (Å²) in [6.07, 6.45) is 3.70. The highest BCUT2D eigenvalue weighted by Gasteiger charge is 2.22. The fourth-order valence-corrected chi connectivity index (χ4v) is 2.48. The first-order chi connectivity index (χ1) is 7.99. The fourth-order valence-electron chi connectivity index (χ4n) is 2.48. The van der Waals surface area contributed by atoms with Gasteiger partial charge in [-0.15, -0.1) is 0 Å². The maximum absolute atomic E-state index is 11.1. The van der Waals surface area contributed by atoms with Crippen molar-refractivity contribution in [2.75, 3.05) is 33.2 Å². The molecule has 0 aliphatic carbocycles. The van der Waals surface area contributed by atoms with E-state index in [1.165, 1.54) is 25.8 Å². The topological polar surface area (TPSA) is 23.6 Å². The third kappa shape index (κ3) is 5.64. The van der Waals surface area contributed by atoms with E-state index in [1.54, 1.807) is 6.92 Å². The molecule has 1 heterocycles. The van der Waals surface area contributed by atoms with Crippen LogP contribution >= 0.6 is 0 Å². The van der Waals surface area contributed by atoms with E-state index in [2.05, 4.69) is 30.7 Å². The van der Waals surface area contributed by atoms with Crippen molar-refractivity contribution in [2.24, 2.45) is 5.92 Å². The highest BCUT2D eigenvalue weighted by Crippen LogP contribution is 2.16. The molecule has 0 N–H and O–H groups in total. The van der Waals surface area contributed by atoms with Crippen LogP contribution in [0.3, 0.4) is 0 Å². The van der Waals surface area contributed by atoms with E-state index in [1.807, 2.05) is 0 Å². The molecule has 3 heteroatoms. The third-order valence-corrected chi connectivity index (χ3v) is 3.69. The number of likely N-dealkylation sites (tertiary alicyclic amines) is 1. The van der Waals surface area contributed by atoms with Gasteiger partial charge in [0.1, 0.15) is 5.78 Å². The maximum atomic E-state index is 11.1. The van der Waals surface area contributed by atoms with Crippen molar-refractivity contribution in [3.05, 3.63) is 0 Å². The molecule has 100 valence electrons. The van der Waals surface area contributed by atoms with Crippen LogP contribution in [-0.2, 0) is 4.79 Å². The van der Waals surface area contributed by atoms with E-state index in [0.717, 1.165) is 25.0 Å². The molecular formula is C14H28N2O. The van der Waals surface area contributed by atoms with Gasteiger partial charge in [-0.05, 0) is 45.7 Å². The van der Waals surface area contributed by atoms with Crippen LogP contribution in [0.15, 0.2) is 0 Å². The lowest BCUT2D eigenvalue weighted by atomic mass is 10.0. The largest absolute Gasteiger partial charge is 0.303 e. The molecule has 0 radical (unpaired) electrons. The lowest BCUT2D eigenvalue weighted by Crippen LogP contribution is -2.44. The van der Waals surface area contributed by atoms with Gasteiger partial charge in [-0.25, -0.2) is 0 Å². The second-order valence-electron chi connectivity index (χ2n) is 5.87. The molecule has 17 heavy (non-hydrogen) atoms. The van der Waals surface area contributed by atoms with Gasteiger partial charge < -0.3 is 4.90 Å². The molecule has 0 amide bonds. The Bertz CT molecular complexity index is 232. The van der Waals surface area contributed by atoms with Crippen LogP contribution < -0.4 is 0 Å². The van der Waals surface area contributed by atoms with Crippen LogP contribution in [0.2, 0.25) is 0 Å². The van der Waals surface area contributed by atoms with Crippen LogP contribution in [0.4, 0.5) is 0 Å². The summed E-state index contributed by atoms with van der Waals surface area (Å²) in [5.74, 6) is 1.08. The van der Waals surface area contributed by atoms with Crippen LogP contribution in [0.1, 0.15) is 40.0 Å². The number of hydrogen-bond donors (Lipinski definition) is 0. The zero-order valence-corrected chi connectivity index (χ0v) is 11.9. The first-order valence-electron chi connectivity index (χ1n) is 6.91. The van der Waals surface area contributed by atoms with Crippen LogP contribution in [0.25, 0.3) is 0 Å². The second-order valence-corrected chi connectivity index (χ2v) is 5.87. The first-order valence-corrected chi connectivity index (χ1v) is 6.91. The number of Topliss-reactive ketones (excluding diaryl/α,β-unsaturated/α-hetero) is 1. The first kappa shape index (κ1) is 14.7. The molecule has 3 nitrogen and oxygen atoms in total. The van der Waals surface area contributed by atoms with Crippen molar-refractivity contribution in [3.8, 4) is 0 Å². The lowest BCUT2D eigenvalue weighted by Gasteiger charge is -2.36. The molecule has 0 aromatic rings. The molecule has 1 saturated heterocycles. The van der Waals surface area contributed by atoms with Gasteiger partial charge in [0.25, 0.3) is 0 Å². The Balaban J connectivity index is 2.23. The van der Waals surface area contributed by atoms with E-state index in [9.17, 15) is 4.79 Å². The molecule has 0 atom stereocenters. The van der Waals surface area contributed by atoms with Crippen molar-refractivity contribution < 1.29 is 4.79 Å². The Morgan fingerprint density at radius 3 is 2.41 bits per heavy atom. The average Bonchev–Trinajstić information content (AvgIpc) is 2.26. The molecule has 1 aliphatic heterocycles. The summed E-state index contributed by atoms with van der Waals surface area (Å²) in [5, 5.41) is 0. The summed E-state index contributed by atoms with van der Waals surface area (Å²) in [5.41, 5.74) is 0. The summed E-state index contributed by atoms with van der Waals surface area (Å²) in [6, 6.07) is 0.719. The van der Waals surface area contributed by atoms with Crippen LogP contribution in [-0.4, -0.2) is 54.9 Å². The van der Waals surface area contributed by atoms with Crippen LogP contribution in [0, 0.1) is 5.92 Å². The van der Waals surface area contributed by atoms with E-state index in [4.69, 9.17) is 0 Å². The normalized spacial score (nSPS) is 19.2. The molecule has 0 saturated carbocycles. The molecule has 1 fully saturated rings. The number of piperidine rings is 1. The Hall–Kier alpha value is -0.410. The molecular weight excluding hydrogens is 212 g/mol. The quantitative estimate of drug-likeness (QED) is 0.709. The van der Waals surface area contributed by atoms with Gasteiger partial charge >= 0.3 is 0 Å². The van der Waals surface area contributed by atoms with Gasteiger partial charge in [0, 0.05) is 19.1 Å². The summed E-state index contributed by atoms with van der Waals surface area (Å²) in [6.45, 7) is 10.2. The predicted octanol–water partition coefficient (Wildman–Crippen LogP) is 2.02. The summed E-state index contributed by atoms with van der Waals surface area (Å²) < 4.78 is 0. The fraction of sp³-hybridized carbons (Fsp3) is 0.929. The number of hydrogen-bond acceptors (Lipinski definition) is 3. The van der Waals surface area contributed by atoms with E-state index in [0.29, 0.717) is 6.54 Å². The molecule has 0 aromatic heterocycles. The number of nitrogens with zero attached hydrogens (tertiary/aromatic N) is 2. The summed E-state index contributed by atoms with van der Waals surface area (Å²) in [4.78, 5) is 15.8. The van der Waals surface area contributed by atoms with Gasteiger partial charge in [0.2, 0.25) is 0 Å². The Morgan fingerprint density at radius 1 is 1.35 bits per heavy atom. The molecule has 1 rings (SSSR count). The molecule has 0 bridgehead atoms. The zero-order chi connectivity index (χ0) is 12.8. The predicted molar refractivity (Wildman–Crippen MR) is 72.2 cm³/mol. The Kier molecular flexibility index (Phi) is 6.14. The highest BCUT2D eigenvalue weighted by atomic mass is 16.1. The monoisotopic (exact) mass is 240 g/mol. The number of ketones is 1. The minimum absolute atomic E-state index is 0.289. The molecule has 0 aromatic carbocycles. The number of rotatable bonds is 6. The number of carbonyl (C=O) groups is 1. The van der Waals surface area contributed by atoms with Gasteiger partial charge in [0.05, 0.1) is 6.54 Å². The smallest absolute Gasteiger partial charge is 0.143 e. The average molecular weight is 240 g/mol. The van der Waals surface area contributed by atoms with E-state index >= 15 is 0 Å². The lowest BCUT2D eigenvalue weighted by molar-refractivity contribution is -0.118. The minimum atomic E-state index is 0.289. The van der Waals surface area contributed by atoms with E-state index < -0.39 is 0 Å². The highest BCUT2D eigenvalue weighted by molar-refractivity contribution is 5.77. The molecule has 1 aliphatic rings. The standard InChI is InChI=1S/C14H28N2O/c1-12(2)5-8-15(4)14-6-9-16(10-7-14)11-13(3)17/h12,14H,5-11H2,1-4H3. The van der Waals surface area contributed by atoms with Gasteiger partial charge in [-0.2, -0.15) is 0 Å². The molecule has 0 unspecified atom stereocenters. The van der Waals surface area contributed by atoms with Crippen LogP contribution in [0.5, 0.6) is 0 Å². The minimum Gasteiger partial charge on any atom is -0.303 e. The maximum Gasteiger partial charge on any atom is 0.143 e. The number of carbonyl (C=O) groups excluding carboxylic acids is 1.